The van der Waals surface area contributed by atoms with Crippen molar-refractivity contribution in [1.82, 2.24) is 15.0 Å². The van der Waals surface area contributed by atoms with Crippen LogP contribution in [0, 0.1) is 6.92 Å². The molecule has 2 N–H and O–H groups in total. The van der Waals surface area contributed by atoms with Gasteiger partial charge in [-0.2, -0.15) is 13.2 Å². The molecule has 0 atom stereocenters. The topological polar surface area (TPSA) is 79.8 Å². The summed E-state index contributed by atoms with van der Waals surface area (Å²) >= 11 is 0. The van der Waals surface area contributed by atoms with E-state index in [2.05, 4.69) is 25.6 Å². The molecule has 9 heteroatoms. The van der Waals surface area contributed by atoms with Crippen molar-refractivity contribution in [1.29, 1.82) is 0 Å². The Balaban J connectivity index is 1.78. The van der Waals surface area contributed by atoms with Crippen molar-refractivity contribution in [3.63, 3.8) is 0 Å². The summed E-state index contributed by atoms with van der Waals surface area (Å²) in [5.41, 5.74) is -0.342. The number of hydrogen-bond acceptors (Lipinski definition) is 5. The Bertz CT molecular complexity index is 977. The van der Waals surface area contributed by atoms with Gasteiger partial charge >= 0.3 is 6.18 Å². The summed E-state index contributed by atoms with van der Waals surface area (Å²) in [4.78, 5) is 24.6. The summed E-state index contributed by atoms with van der Waals surface area (Å²) in [5, 5.41) is 5.33. The zero-order chi connectivity index (χ0) is 20.1. The van der Waals surface area contributed by atoms with Crippen LogP contribution in [0.2, 0.25) is 0 Å². The maximum atomic E-state index is 13.1. The molecular formula is C19H16F3N5O. The van der Waals surface area contributed by atoms with Crippen LogP contribution in [0.25, 0.3) is 0 Å². The first kappa shape index (κ1) is 19.3. The number of nitrogens with one attached hydrogen (secondary N) is 2. The molecular weight excluding hydrogens is 371 g/mol. The minimum Gasteiger partial charge on any atom is -0.366 e. The lowest BCUT2D eigenvalue weighted by molar-refractivity contribution is -0.136. The van der Waals surface area contributed by atoms with Crippen LogP contribution in [0.5, 0.6) is 0 Å². The minimum atomic E-state index is -4.58. The normalized spacial score (nSPS) is 11.1. The molecule has 28 heavy (non-hydrogen) atoms. The molecule has 2 heterocycles. The van der Waals surface area contributed by atoms with Crippen LogP contribution in [0.1, 0.15) is 27.4 Å². The third-order valence-corrected chi connectivity index (χ3v) is 3.77. The summed E-state index contributed by atoms with van der Waals surface area (Å²) < 4.78 is 39.3. The van der Waals surface area contributed by atoms with Crippen molar-refractivity contribution in [2.45, 2.75) is 19.6 Å². The maximum Gasteiger partial charge on any atom is 0.418 e. The Morgan fingerprint density at radius 3 is 2.50 bits per heavy atom. The van der Waals surface area contributed by atoms with E-state index >= 15 is 0 Å². The van der Waals surface area contributed by atoms with Crippen LogP contribution < -0.4 is 10.6 Å². The largest absolute Gasteiger partial charge is 0.418 e. The van der Waals surface area contributed by atoms with Crippen LogP contribution in [0.3, 0.4) is 0 Å². The third kappa shape index (κ3) is 4.81. The fourth-order valence-electron chi connectivity index (χ4n) is 2.49. The highest BCUT2D eigenvalue weighted by Gasteiger charge is 2.33. The van der Waals surface area contributed by atoms with Crippen LogP contribution in [-0.2, 0) is 12.7 Å². The molecule has 0 spiro atoms. The number of hydrogen-bond donors (Lipinski definition) is 2. The van der Waals surface area contributed by atoms with E-state index in [1.807, 2.05) is 12.1 Å². The predicted octanol–water partition coefficient (Wildman–Crippen LogP) is 4.06. The monoisotopic (exact) mass is 387 g/mol. The molecule has 0 aliphatic rings. The van der Waals surface area contributed by atoms with Gasteiger partial charge in [0.25, 0.3) is 5.91 Å². The molecule has 0 saturated carbocycles. The first-order valence-electron chi connectivity index (χ1n) is 8.29. The van der Waals surface area contributed by atoms with Gasteiger partial charge in [0.05, 0.1) is 11.3 Å². The third-order valence-electron chi connectivity index (χ3n) is 3.77. The van der Waals surface area contributed by atoms with Crippen molar-refractivity contribution >= 4 is 17.4 Å². The first-order valence-corrected chi connectivity index (χ1v) is 8.29. The molecule has 1 amide bonds. The molecule has 0 fully saturated rings. The summed E-state index contributed by atoms with van der Waals surface area (Å²) in [7, 11) is 0. The maximum absolute atomic E-state index is 13.1. The van der Waals surface area contributed by atoms with Crippen molar-refractivity contribution in [2.75, 3.05) is 10.6 Å². The van der Waals surface area contributed by atoms with E-state index < -0.39 is 17.6 Å². The number of aromatic nitrogens is 3. The highest BCUT2D eigenvalue weighted by Crippen LogP contribution is 2.34. The highest BCUT2D eigenvalue weighted by molar-refractivity contribution is 6.03. The van der Waals surface area contributed by atoms with Crippen molar-refractivity contribution in [3.05, 3.63) is 77.5 Å². The van der Waals surface area contributed by atoms with Gasteiger partial charge in [-0.3, -0.25) is 9.78 Å². The molecule has 1 aromatic carbocycles. The number of amides is 1. The second-order valence-electron chi connectivity index (χ2n) is 5.89. The number of nitrogens with zero attached hydrogens (tertiary/aromatic N) is 3. The summed E-state index contributed by atoms with van der Waals surface area (Å²) in [5.74, 6) is -0.0540. The fraction of sp³-hybridized carbons (Fsp3) is 0.158. The number of halogens is 3. The number of para-hydroxylation sites is 1. The minimum absolute atomic E-state index is 0.0401. The van der Waals surface area contributed by atoms with Crippen LogP contribution in [0.15, 0.2) is 54.9 Å². The number of aryl methyl sites for hydroxylation is 1. The molecule has 3 aromatic rings. The predicted molar refractivity (Wildman–Crippen MR) is 97.7 cm³/mol. The number of carbonyl (C=O) groups is 1. The van der Waals surface area contributed by atoms with Crippen molar-refractivity contribution in [2.24, 2.45) is 0 Å². The summed E-state index contributed by atoms with van der Waals surface area (Å²) in [6.45, 7) is 2.04. The Morgan fingerprint density at radius 1 is 1.07 bits per heavy atom. The molecule has 0 aliphatic carbocycles. The van der Waals surface area contributed by atoms with Crippen molar-refractivity contribution < 1.29 is 18.0 Å². The average molecular weight is 387 g/mol. The number of alkyl halides is 3. The quantitative estimate of drug-likeness (QED) is 0.690. The molecule has 0 unspecified atom stereocenters. The SMILES string of the molecule is Cc1nc(NCc2ccncc2)cc(C(=O)Nc2ccccc2C(F)(F)F)n1. The summed E-state index contributed by atoms with van der Waals surface area (Å²) in [6.07, 6.45) is -1.28. The first-order chi connectivity index (χ1) is 13.3. The van der Waals surface area contributed by atoms with Gasteiger partial charge in [0.2, 0.25) is 0 Å². The number of pyridine rings is 1. The van der Waals surface area contributed by atoms with E-state index in [0.29, 0.717) is 18.2 Å². The smallest absolute Gasteiger partial charge is 0.366 e. The van der Waals surface area contributed by atoms with Gasteiger partial charge in [-0.05, 0) is 36.8 Å². The number of anilines is 2. The molecule has 0 radical (unpaired) electrons. The zero-order valence-corrected chi connectivity index (χ0v) is 14.8. The molecule has 6 nitrogen and oxygen atoms in total. The van der Waals surface area contributed by atoms with E-state index in [4.69, 9.17) is 0 Å². The molecule has 3 rings (SSSR count). The second-order valence-corrected chi connectivity index (χ2v) is 5.89. The molecule has 0 bridgehead atoms. The van der Waals surface area contributed by atoms with Gasteiger partial charge in [0, 0.05) is 25.0 Å². The van der Waals surface area contributed by atoms with Gasteiger partial charge in [0.1, 0.15) is 17.3 Å². The molecule has 2 aromatic heterocycles. The molecule has 144 valence electrons. The van der Waals surface area contributed by atoms with Gasteiger partial charge in [0.15, 0.2) is 0 Å². The van der Waals surface area contributed by atoms with Crippen LogP contribution >= 0.6 is 0 Å². The summed E-state index contributed by atoms with van der Waals surface area (Å²) in [6, 6.07) is 9.80. The molecule has 0 aliphatic heterocycles. The van der Waals surface area contributed by atoms with E-state index in [0.717, 1.165) is 11.6 Å². The number of carbonyl (C=O) groups excluding carboxylic acids is 1. The van der Waals surface area contributed by atoms with Gasteiger partial charge in [-0.25, -0.2) is 9.97 Å². The number of benzene rings is 1. The average Bonchev–Trinajstić information content (AvgIpc) is 2.66. The van der Waals surface area contributed by atoms with E-state index in [-0.39, 0.29) is 11.4 Å². The fourth-order valence-corrected chi connectivity index (χ4v) is 2.49. The van der Waals surface area contributed by atoms with Crippen LogP contribution in [0.4, 0.5) is 24.7 Å². The lowest BCUT2D eigenvalue weighted by atomic mass is 10.1. The Morgan fingerprint density at radius 2 is 1.79 bits per heavy atom. The van der Waals surface area contributed by atoms with Crippen LogP contribution in [-0.4, -0.2) is 20.9 Å². The highest BCUT2D eigenvalue weighted by atomic mass is 19.4. The van der Waals surface area contributed by atoms with E-state index in [9.17, 15) is 18.0 Å². The Labute approximate surface area is 158 Å². The van der Waals surface area contributed by atoms with Crippen molar-refractivity contribution in [3.8, 4) is 0 Å². The standard InChI is InChI=1S/C19H16F3N5O/c1-12-25-16(10-17(26-12)24-11-13-6-8-23-9-7-13)18(28)27-15-5-3-2-4-14(15)19(20,21)22/h2-10H,11H2,1H3,(H,27,28)(H,24,25,26). The number of rotatable bonds is 5. The van der Waals surface area contributed by atoms with Gasteiger partial charge in [-0.1, -0.05) is 12.1 Å². The van der Waals surface area contributed by atoms with Gasteiger partial charge in [-0.15, -0.1) is 0 Å². The second kappa shape index (κ2) is 8.03. The lowest BCUT2D eigenvalue weighted by Gasteiger charge is -2.14. The van der Waals surface area contributed by atoms with E-state index in [1.165, 1.54) is 24.3 Å². The Hall–Kier alpha value is -3.49. The lowest BCUT2D eigenvalue weighted by Crippen LogP contribution is -2.18. The molecule has 0 saturated heterocycles. The zero-order valence-electron chi connectivity index (χ0n) is 14.8. The Kier molecular flexibility index (Phi) is 5.53. The van der Waals surface area contributed by atoms with Gasteiger partial charge < -0.3 is 10.6 Å². The van der Waals surface area contributed by atoms with E-state index in [1.54, 1.807) is 19.3 Å².